The molecule has 0 nitrogen and oxygen atoms in total. The van der Waals surface area contributed by atoms with Crippen LogP contribution in [0.3, 0.4) is 0 Å². The molecule has 6 atom stereocenters. The Morgan fingerprint density at radius 2 is 1.11 bits per heavy atom. The van der Waals surface area contributed by atoms with Crippen LogP contribution in [0, 0.1) is 63.2 Å². The summed E-state index contributed by atoms with van der Waals surface area (Å²) in [7, 11) is 0. The number of rotatable bonds is 0. The van der Waals surface area contributed by atoms with Gasteiger partial charge in [-0.2, -0.15) is 0 Å². The van der Waals surface area contributed by atoms with Gasteiger partial charge >= 0.3 is 30.2 Å². The van der Waals surface area contributed by atoms with Gasteiger partial charge in [-0.3, -0.25) is 0 Å². The van der Waals surface area contributed by atoms with Gasteiger partial charge in [0.15, 0.2) is 0 Å². The predicted octanol–water partition coefficient (Wildman–Crippen LogP) is 6.72. The van der Waals surface area contributed by atoms with Crippen LogP contribution in [0.15, 0.2) is 47.6 Å². The Hall–Kier alpha value is -0.200. The van der Waals surface area contributed by atoms with E-state index in [2.05, 4.69) is 77.0 Å². The van der Waals surface area contributed by atoms with Crippen LogP contribution in [0.5, 0.6) is 0 Å². The molecule has 4 aliphatic rings. The standard InChI is InChI=1S/2C12H17.2CH3.H2Si.Zr/c2*1-9-7-11-6-4-3-5-10(2)12(11)8-9;;;;/h2*3-4,6-7,9-10,12H,5,8H2,1-2H3;2*1H3;1H2;/q4*-1;;. The van der Waals surface area contributed by atoms with Gasteiger partial charge in [0.25, 0.3) is 0 Å². The molecule has 4 aliphatic carbocycles. The summed E-state index contributed by atoms with van der Waals surface area (Å²) in [6.07, 6.45) is 23.8. The van der Waals surface area contributed by atoms with E-state index in [0.29, 0.717) is 0 Å². The first-order chi connectivity index (χ1) is 12.5. The Morgan fingerprint density at radius 3 is 1.46 bits per heavy atom. The van der Waals surface area contributed by atoms with E-state index >= 15 is 0 Å². The van der Waals surface area contributed by atoms with Crippen LogP contribution in [-0.2, 0) is 23.3 Å². The third-order valence-corrected chi connectivity index (χ3v) is 6.30. The fourth-order valence-corrected chi connectivity index (χ4v) is 4.87. The van der Waals surface area contributed by atoms with Crippen molar-refractivity contribution in [3.8, 4) is 0 Å². The zero-order chi connectivity index (χ0) is 19.1. The van der Waals surface area contributed by atoms with Crippen molar-refractivity contribution >= 4 is 6.88 Å². The second-order valence-corrected chi connectivity index (χ2v) is 8.59. The van der Waals surface area contributed by atoms with Crippen LogP contribution in [-0.4, -0.2) is 6.88 Å². The molecule has 0 aliphatic heterocycles. The van der Waals surface area contributed by atoms with E-state index in [0.717, 1.165) is 35.5 Å². The van der Waals surface area contributed by atoms with Crippen molar-refractivity contribution in [2.45, 2.75) is 53.4 Å². The molecule has 0 spiro atoms. The second kappa shape index (κ2) is 13.9. The monoisotopic (exact) mass is 472 g/mol. The molecule has 2 saturated carbocycles. The Labute approximate surface area is 193 Å². The molecular formula is C26H42SiZr-4. The number of hydrogen-bond donors (Lipinski definition) is 0. The van der Waals surface area contributed by atoms with Crippen molar-refractivity contribution in [1.29, 1.82) is 0 Å². The Morgan fingerprint density at radius 1 is 0.750 bits per heavy atom. The van der Waals surface area contributed by atoms with E-state index in [1.807, 2.05) is 6.88 Å². The van der Waals surface area contributed by atoms with Gasteiger partial charge in [-0.05, 0) is 36.5 Å². The number of fused-ring (bicyclic) bond motifs is 2. The van der Waals surface area contributed by atoms with Gasteiger partial charge in [0, 0.05) is 0 Å². The van der Waals surface area contributed by atoms with Crippen LogP contribution >= 0.6 is 0 Å². The van der Waals surface area contributed by atoms with Gasteiger partial charge in [-0.25, -0.2) is 36.1 Å². The van der Waals surface area contributed by atoms with Gasteiger partial charge in [0.1, 0.15) is 0 Å². The van der Waals surface area contributed by atoms with Crippen LogP contribution in [0.25, 0.3) is 0 Å². The van der Waals surface area contributed by atoms with Crippen molar-refractivity contribution in [1.82, 2.24) is 0 Å². The zero-order valence-corrected chi connectivity index (χ0v) is 23.0. The molecule has 28 heavy (non-hydrogen) atoms. The quantitative estimate of drug-likeness (QED) is 0.270. The molecule has 2 heteroatoms. The maximum atomic E-state index is 2.44. The first kappa shape index (κ1) is 27.8. The Balaban J connectivity index is 0.000000449. The first-order valence-corrected chi connectivity index (χ1v) is 16.2. The van der Waals surface area contributed by atoms with Crippen molar-refractivity contribution in [2.75, 3.05) is 0 Å². The summed E-state index contributed by atoms with van der Waals surface area (Å²) in [6.45, 7) is 11.4. The van der Waals surface area contributed by atoms with Crippen LogP contribution in [0.4, 0.5) is 0 Å². The molecule has 0 radical (unpaired) electrons. The summed E-state index contributed by atoms with van der Waals surface area (Å²) in [4.78, 5) is 0. The van der Waals surface area contributed by atoms with E-state index in [9.17, 15) is 0 Å². The Bertz CT molecular complexity index is 521. The van der Waals surface area contributed by atoms with Gasteiger partial charge < -0.3 is 14.9 Å². The Kier molecular flexibility index (Phi) is 13.8. The van der Waals surface area contributed by atoms with Crippen molar-refractivity contribution in [3.05, 3.63) is 75.3 Å². The summed E-state index contributed by atoms with van der Waals surface area (Å²) in [5.41, 5.74) is 3.17. The minimum atomic E-state index is 0. The third kappa shape index (κ3) is 7.56. The molecule has 0 bridgehead atoms. The topological polar surface area (TPSA) is 0 Å². The fourth-order valence-electron chi connectivity index (χ4n) is 4.87. The minimum absolute atomic E-state index is 0. The van der Waals surface area contributed by atoms with E-state index in [1.165, 1.54) is 25.7 Å². The van der Waals surface area contributed by atoms with Crippen molar-refractivity contribution in [2.24, 2.45) is 35.5 Å². The summed E-state index contributed by atoms with van der Waals surface area (Å²) in [5, 5.41) is 0. The zero-order valence-electron chi connectivity index (χ0n) is 19.1. The molecule has 2 fully saturated rings. The van der Waals surface area contributed by atoms with E-state index < -0.39 is 0 Å². The van der Waals surface area contributed by atoms with Gasteiger partial charge in [0.05, 0.1) is 0 Å². The summed E-state index contributed by atoms with van der Waals surface area (Å²) < 4.78 is 0. The van der Waals surface area contributed by atoms with Crippen LogP contribution in [0.1, 0.15) is 53.4 Å². The van der Waals surface area contributed by atoms with Crippen molar-refractivity contribution < 1.29 is 23.3 Å². The van der Waals surface area contributed by atoms with Gasteiger partial charge in [0.2, 0.25) is 0 Å². The molecule has 4 rings (SSSR count). The first-order valence-electron chi connectivity index (χ1n) is 10.3. The molecular weight excluding hydrogens is 432 g/mol. The molecule has 0 aromatic carbocycles. The average Bonchev–Trinajstić information content (AvgIpc) is 3.09. The fraction of sp³-hybridized carbons (Fsp3) is 0.538. The second-order valence-electron chi connectivity index (χ2n) is 8.59. The maximum absolute atomic E-state index is 2.44. The number of allylic oxidation sites excluding steroid dienone is 8. The van der Waals surface area contributed by atoms with Crippen molar-refractivity contribution in [3.63, 3.8) is 0 Å². The average molecular weight is 474 g/mol. The SMILES string of the molecule is CC1[CH-]C2=CC=CCC(C)C2C1.CC1[CH-]C2=CC=CCC(C)C2C1.[CH3-].[CH3-].[SiH2]=[Zr]. The van der Waals surface area contributed by atoms with Gasteiger partial charge in [-0.15, -0.1) is 24.3 Å². The summed E-state index contributed by atoms with van der Waals surface area (Å²) >= 11 is 1.58. The molecule has 0 heterocycles. The molecule has 0 aromatic heterocycles. The van der Waals surface area contributed by atoms with Gasteiger partial charge in [-0.1, -0.05) is 52.4 Å². The summed E-state index contributed by atoms with van der Waals surface area (Å²) in [6, 6.07) is 0. The van der Waals surface area contributed by atoms with Crippen LogP contribution in [0.2, 0.25) is 0 Å². The molecule has 158 valence electrons. The van der Waals surface area contributed by atoms with E-state index in [1.54, 1.807) is 34.5 Å². The molecule has 0 N–H and O–H groups in total. The van der Waals surface area contributed by atoms with E-state index in [4.69, 9.17) is 0 Å². The molecule has 0 saturated heterocycles. The normalized spacial score (nSPS) is 34.2. The molecule has 0 aromatic rings. The van der Waals surface area contributed by atoms with Crippen LogP contribution < -0.4 is 0 Å². The van der Waals surface area contributed by atoms with E-state index in [-0.39, 0.29) is 14.9 Å². The third-order valence-electron chi connectivity index (χ3n) is 6.30. The molecule has 6 unspecified atom stereocenters. The predicted molar refractivity (Wildman–Crippen MR) is 127 cm³/mol. The number of hydrogen-bond acceptors (Lipinski definition) is 0. The summed E-state index contributed by atoms with van der Waals surface area (Å²) in [5.74, 6) is 4.97. The molecule has 0 amide bonds.